The van der Waals surface area contributed by atoms with Crippen LogP contribution in [0.15, 0.2) is 110 Å². The van der Waals surface area contributed by atoms with Crippen molar-refractivity contribution in [3.8, 4) is 11.1 Å². The van der Waals surface area contributed by atoms with Crippen molar-refractivity contribution in [1.29, 1.82) is 0 Å². The van der Waals surface area contributed by atoms with Crippen LogP contribution in [0.4, 0.5) is 14.6 Å². The highest BCUT2D eigenvalue weighted by Gasteiger charge is 2.48. The zero-order valence-electron chi connectivity index (χ0n) is 43.9. The minimum atomic E-state index is -0.517. The predicted octanol–water partition coefficient (Wildman–Crippen LogP) is 13.0. The Morgan fingerprint density at radius 3 is 2.33 bits per heavy atom. The highest BCUT2D eigenvalue weighted by molar-refractivity contribution is 6.34. The van der Waals surface area contributed by atoms with E-state index in [4.69, 9.17) is 23.3 Å². The number of likely N-dealkylation sites (tertiary alicyclic amines) is 2. The van der Waals surface area contributed by atoms with E-state index in [-0.39, 0.29) is 16.8 Å². The molecule has 5 aromatic rings. The Kier molecular flexibility index (Phi) is 15.0. The number of nitrogens with zero attached hydrogens (tertiary/aromatic N) is 5. The summed E-state index contributed by atoms with van der Waals surface area (Å²) in [6, 6.07) is 23.3. The highest BCUT2D eigenvalue weighted by atomic mass is 35.5. The van der Waals surface area contributed by atoms with Crippen molar-refractivity contribution in [2.45, 2.75) is 114 Å². The molecule has 5 aliphatic rings. The summed E-state index contributed by atoms with van der Waals surface area (Å²) >= 11 is 7.01. The Morgan fingerprint density at radius 2 is 1.63 bits per heavy atom. The third kappa shape index (κ3) is 9.89. The molecular formula is C62H77ClF2N8. The summed E-state index contributed by atoms with van der Waals surface area (Å²) in [7, 11) is 3.83. The lowest BCUT2D eigenvalue weighted by atomic mass is 9.70. The standard InChI is InChI=1S/C62H77ClF2N8/c1-9-13-47-18-22-52(41(4)66-7)57(60(47)65)58-56-40(3)62(50-14-11-10-12-15-50,36-49(56)34-54(64)59(58)63)38-67-51-20-16-45(17-21-51)42(5)72-31-25-44(26-32-72)37-71-29-27-46(28-30-71)48-19-23-53-55(35-48)70(8)69-61(53)73-33-24-39(2)68-43(73)6/h10-12,14-15,18-19,22-23,34-35,40,44-46,51,66-68H,2,4-6,9,13,16-17,20-21,24-33,36-38H2,1,3,7-8H3. The molecule has 1 saturated carbocycles. The number of aromatic nitrogens is 2. The van der Waals surface area contributed by atoms with Gasteiger partial charge in [-0.05, 0) is 147 Å². The number of halogens is 3. The van der Waals surface area contributed by atoms with Gasteiger partial charge in [0.25, 0.3) is 0 Å². The molecule has 3 aliphatic heterocycles. The molecular weight excluding hydrogens is 930 g/mol. The van der Waals surface area contributed by atoms with Crippen LogP contribution in [0.1, 0.15) is 123 Å². The molecule has 0 amide bonds. The van der Waals surface area contributed by atoms with Crippen molar-refractivity contribution in [3.63, 3.8) is 0 Å². The fraction of sp³-hybridized carbons (Fsp3) is 0.468. The molecule has 0 bridgehead atoms. The molecule has 4 aromatic carbocycles. The van der Waals surface area contributed by atoms with Gasteiger partial charge in [-0.2, -0.15) is 5.10 Å². The van der Waals surface area contributed by atoms with Crippen molar-refractivity contribution in [2.24, 2.45) is 18.9 Å². The number of hydrogen-bond acceptors (Lipinski definition) is 7. The number of anilines is 1. The number of piperidine rings is 2. The zero-order chi connectivity index (χ0) is 51.1. The largest absolute Gasteiger partial charge is 0.388 e. The van der Waals surface area contributed by atoms with E-state index in [1.807, 2.05) is 23.7 Å². The normalized spacial score (nSPS) is 23.2. The smallest absolute Gasteiger partial charge is 0.164 e. The van der Waals surface area contributed by atoms with Crippen LogP contribution in [0.2, 0.25) is 5.02 Å². The monoisotopic (exact) mass is 1010 g/mol. The molecule has 4 heterocycles. The topological polar surface area (TPSA) is 63.6 Å². The van der Waals surface area contributed by atoms with Crippen LogP contribution in [-0.4, -0.2) is 78.5 Å². The molecule has 386 valence electrons. The minimum Gasteiger partial charge on any atom is -0.388 e. The first kappa shape index (κ1) is 51.1. The van der Waals surface area contributed by atoms with Crippen molar-refractivity contribution >= 4 is 34.0 Å². The van der Waals surface area contributed by atoms with Crippen LogP contribution in [0.5, 0.6) is 0 Å². The summed E-state index contributed by atoms with van der Waals surface area (Å²) in [5.74, 6) is 2.65. The molecule has 1 aromatic heterocycles. The van der Waals surface area contributed by atoms with Gasteiger partial charge < -0.3 is 30.7 Å². The average molecular weight is 1010 g/mol. The van der Waals surface area contributed by atoms with E-state index in [2.05, 4.69) is 113 Å². The number of hydrogen-bond donors (Lipinski definition) is 3. The van der Waals surface area contributed by atoms with Gasteiger partial charge in [0.2, 0.25) is 0 Å². The van der Waals surface area contributed by atoms with Gasteiger partial charge in [0.1, 0.15) is 17.5 Å². The molecule has 2 atom stereocenters. The van der Waals surface area contributed by atoms with E-state index in [0.29, 0.717) is 58.7 Å². The average Bonchev–Trinajstić information content (AvgIpc) is 3.88. The minimum absolute atomic E-state index is 0.0317. The fourth-order valence-corrected chi connectivity index (χ4v) is 13.8. The van der Waals surface area contributed by atoms with Gasteiger partial charge in [-0.15, -0.1) is 0 Å². The zero-order valence-corrected chi connectivity index (χ0v) is 44.6. The molecule has 2 unspecified atom stereocenters. The lowest BCUT2D eigenvalue weighted by molar-refractivity contribution is 0.132. The fourth-order valence-electron chi connectivity index (χ4n) is 13.6. The molecule has 8 nitrogen and oxygen atoms in total. The maximum absolute atomic E-state index is 16.9. The first-order valence-electron chi connectivity index (χ1n) is 27.3. The van der Waals surface area contributed by atoms with E-state index in [0.717, 1.165) is 112 Å². The summed E-state index contributed by atoms with van der Waals surface area (Å²) in [5.41, 5.74) is 10.1. The summed E-state index contributed by atoms with van der Waals surface area (Å²) < 4.78 is 35.1. The van der Waals surface area contributed by atoms with E-state index in [1.54, 1.807) is 13.1 Å². The van der Waals surface area contributed by atoms with Crippen LogP contribution < -0.4 is 20.9 Å². The van der Waals surface area contributed by atoms with Crippen LogP contribution in [-0.2, 0) is 25.3 Å². The summed E-state index contributed by atoms with van der Waals surface area (Å²) in [6.45, 7) is 28.8. The lowest BCUT2D eigenvalue weighted by Crippen LogP contribution is -2.46. The quantitative estimate of drug-likeness (QED) is 0.0966. The van der Waals surface area contributed by atoms with Crippen molar-refractivity contribution in [1.82, 2.24) is 35.5 Å². The van der Waals surface area contributed by atoms with Gasteiger partial charge in [0.05, 0.1) is 10.5 Å². The number of benzene rings is 4. The molecule has 4 fully saturated rings. The number of rotatable bonds is 15. The second-order valence-corrected chi connectivity index (χ2v) is 22.6. The Bertz CT molecular complexity index is 2880. The van der Waals surface area contributed by atoms with Gasteiger partial charge in [0.15, 0.2) is 5.82 Å². The summed E-state index contributed by atoms with van der Waals surface area (Å²) in [5, 5.41) is 16.6. The summed E-state index contributed by atoms with van der Waals surface area (Å²) in [4.78, 5) is 7.51. The Morgan fingerprint density at radius 1 is 0.890 bits per heavy atom. The van der Waals surface area contributed by atoms with E-state index >= 15 is 8.78 Å². The Balaban J connectivity index is 0.733. The van der Waals surface area contributed by atoms with Crippen LogP contribution in [0.3, 0.4) is 0 Å². The maximum atomic E-state index is 16.9. The lowest BCUT2D eigenvalue weighted by Gasteiger charge is -2.42. The first-order chi connectivity index (χ1) is 35.3. The second-order valence-electron chi connectivity index (χ2n) is 22.2. The van der Waals surface area contributed by atoms with Crippen LogP contribution in [0.25, 0.3) is 27.7 Å². The van der Waals surface area contributed by atoms with Crippen LogP contribution >= 0.6 is 11.6 Å². The van der Waals surface area contributed by atoms with Gasteiger partial charge in [-0.25, -0.2) is 8.78 Å². The number of aryl methyl sites for hydroxylation is 2. The molecule has 11 heteroatoms. The van der Waals surface area contributed by atoms with Gasteiger partial charge in [0, 0.05) is 104 Å². The number of fused-ring (bicyclic) bond motifs is 2. The molecule has 3 N–H and O–H groups in total. The number of nitrogens with one attached hydrogen (secondary N) is 3. The van der Waals surface area contributed by atoms with Gasteiger partial charge in [-0.3, -0.25) is 4.68 Å². The molecule has 2 aliphatic carbocycles. The van der Waals surface area contributed by atoms with E-state index < -0.39 is 11.2 Å². The summed E-state index contributed by atoms with van der Waals surface area (Å²) in [6.07, 6.45) is 12.1. The first-order valence-corrected chi connectivity index (χ1v) is 27.7. The molecule has 0 spiro atoms. The maximum Gasteiger partial charge on any atom is 0.164 e. The molecule has 10 rings (SSSR count). The van der Waals surface area contributed by atoms with Crippen LogP contribution in [0, 0.1) is 23.5 Å². The van der Waals surface area contributed by atoms with E-state index in [1.165, 1.54) is 60.0 Å². The van der Waals surface area contributed by atoms with E-state index in [9.17, 15) is 0 Å². The highest BCUT2D eigenvalue weighted by Crippen LogP contribution is 2.55. The molecule has 73 heavy (non-hydrogen) atoms. The van der Waals surface area contributed by atoms with Crippen molar-refractivity contribution < 1.29 is 8.78 Å². The number of allylic oxidation sites excluding steroid dienone is 1. The molecule has 3 saturated heterocycles. The predicted molar refractivity (Wildman–Crippen MR) is 299 cm³/mol. The van der Waals surface area contributed by atoms with Crippen molar-refractivity contribution in [2.75, 3.05) is 57.8 Å². The third-order valence-corrected chi connectivity index (χ3v) is 18.3. The Hall–Kier alpha value is -5.42. The molecule has 0 radical (unpaired) electrons. The Labute approximate surface area is 438 Å². The van der Waals surface area contributed by atoms with Gasteiger partial charge >= 0.3 is 0 Å². The van der Waals surface area contributed by atoms with Crippen molar-refractivity contribution in [3.05, 3.63) is 160 Å². The van der Waals surface area contributed by atoms with Gasteiger partial charge in [-0.1, -0.05) is 107 Å². The SMILES string of the molecule is C=C1CCN(c2nn(C)c3cc(C4CCN(CC5CCN(C(=C)C6CCC(NCC7(c8ccccc8)Cc8cc(F)c(Cl)c(-c9c(C(=C)NC)ccc(CCC)c9F)c8C7C)CC6)CC5)CC4)ccc23)C(=C)N1. The third-order valence-electron chi connectivity index (χ3n) is 18.0. The second kappa shape index (κ2) is 21.4.